The second-order valence-electron chi connectivity index (χ2n) is 5.70. The molecule has 0 bridgehead atoms. The molecule has 0 spiro atoms. The molecule has 0 N–H and O–H groups in total. The Morgan fingerprint density at radius 1 is 0.957 bits per heavy atom. The minimum absolute atomic E-state index is 0.860. The van der Waals surface area contributed by atoms with Gasteiger partial charge >= 0.3 is 0 Å². The van der Waals surface area contributed by atoms with E-state index >= 15 is 0 Å². The Labute approximate surface area is 138 Å². The van der Waals surface area contributed by atoms with E-state index in [2.05, 4.69) is 45.3 Å². The highest BCUT2D eigenvalue weighted by atomic mass is 16.5. The van der Waals surface area contributed by atoms with E-state index in [-0.39, 0.29) is 0 Å². The zero-order chi connectivity index (χ0) is 15.9. The van der Waals surface area contributed by atoms with E-state index in [0.29, 0.717) is 0 Å². The summed E-state index contributed by atoms with van der Waals surface area (Å²) < 4.78 is 5.35. The molecule has 1 saturated heterocycles. The van der Waals surface area contributed by atoms with Crippen LogP contribution in [0.25, 0.3) is 0 Å². The number of para-hydroxylation sites is 1. The van der Waals surface area contributed by atoms with E-state index in [1.807, 2.05) is 30.5 Å². The topological polar surface area (TPSA) is 28.1 Å². The van der Waals surface area contributed by atoms with Crippen LogP contribution in [-0.2, 0) is 6.54 Å². The van der Waals surface area contributed by atoms with Crippen molar-refractivity contribution in [2.45, 2.75) is 6.54 Å². The lowest BCUT2D eigenvalue weighted by Crippen LogP contribution is -2.43. The maximum Gasteiger partial charge on any atom is 0.127 e. The highest BCUT2D eigenvalue weighted by molar-refractivity contribution is 5.83. The number of nitrogens with zero attached hydrogens (tertiary/aromatic N) is 3. The van der Waals surface area contributed by atoms with Crippen molar-refractivity contribution in [1.29, 1.82) is 0 Å². The van der Waals surface area contributed by atoms with Gasteiger partial charge in [-0.05, 0) is 17.7 Å². The summed E-state index contributed by atoms with van der Waals surface area (Å²) in [7, 11) is 1.69. The van der Waals surface area contributed by atoms with Crippen molar-refractivity contribution < 1.29 is 4.74 Å². The van der Waals surface area contributed by atoms with Gasteiger partial charge in [0.1, 0.15) is 5.75 Å². The number of benzene rings is 2. The fraction of sp³-hybridized carbons (Fsp3) is 0.316. The van der Waals surface area contributed by atoms with Gasteiger partial charge in [0.15, 0.2) is 0 Å². The minimum atomic E-state index is 0.860. The van der Waals surface area contributed by atoms with Crippen molar-refractivity contribution in [2.75, 3.05) is 33.3 Å². The van der Waals surface area contributed by atoms with Crippen molar-refractivity contribution in [3.05, 3.63) is 65.7 Å². The Morgan fingerprint density at radius 3 is 2.39 bits per heavy atom. The van der Waals surface area contributed by atoms with Crippen LogP contribution in [0, 0.1) is 0 Å². The Balaban J connectivity index is 1.52. The quantitative estimate of drug-likeness (QED) is 0.795. The molecule has 2 aromatic rings. The van der Waals surface area contributed by atoms with Crippen LogP contribution < -0.4 is 4.74 Å². The van der Waals surface area contributed by atoms with Crippen LogP contribution in [0.15, 0.2) is 59.7 Å². The molecule has 1 fully saturated rings. The van der Waals surface area contributed by atoms with Crippen LogP contribution in [0.5, 0.6) is 5.75 Å². The molecule has 0 saturated carbocycles. The average molecular weight is 309 g/mol. The second kappa shape index (κ2) is 7.79. The molecule has 1 aliphatic heterocycles. The molecular formula is C19H23N3O. The maximum absolute atomic E-state index is 5.35. The molecule has 0 aromatic heterocycles. The monoisotopic (exact) mass is 309 g/mol. The summed E-state index contributed by atoms with van der Waals surface area (Å²) in [6.07, 6.45) is 1.89. The van der Waals surface area contributed by atoms with E-state index in [9.17, 15) is 0 Å². The van der Waals surface area contributed by atoms with Gasteiger partial charge in [0.2, 0.25) is 0 Å². The van der Waals surface area contributed by atoms with E-state index in [1.165, 1.54) is 5.56 Å². The molecule has 0 amide bonds. The van der Waals surface area contributed by atoms with Crippen LogP contribution in [0.2, 0.25) is 0 Å². The summed E-state index contributed by atoms with van der Waals surface area (Å²) >= 11 is 0. The highest BCUT2D eigenvalue weighted by Gasteiger charge is 2.15. The molecular weight excluding hydrogens is 286 g/mol. The molecule has 1 aliphatic rings. The van der Waals surface area contributed by atoms with Gasteiger partial charge in [-0.15, -0.1) is 0 Å². The average Bonchev–Trinajstić information content (AvgIpc) is 2.62. The first kappa shape index (κ1) is 15.6. The Bertz CT molecular complexity index is 634. The SMILES string of the molecule is COc1ccccc1/C=N\N1CCN(Cc2ccccc2)CC1. The summed E-state index contributed by atoms with van der Waals surface area (Å²) in [5.41, 5.74) is 2.39. The van der Waals surface area contributed by atoms with E-state index in [0.717, 1.165) is 44.0 Å². The first-order valence-electron chi connectivity index (χ1n) is 8.03. The van der Waals surface area contributed by atoms with Crippen molar-refractivity contribution in [1.82, 2.24) is 9.91 Å². The van der Waals surface area contributed by atoms with Crippen molar-refractivity contribution in [2.24, 2.45) is 5.10 Å². The van der Waals surface area contributed by atoms with Gasteiger partial charge in [0.05, 0.1) is 13.3 Å². The van der Waals surface area contributed by atoms with Crippen molar-refractivity contribution in [3.8, 4) is 5.75 Å². The van der Waals surface area contributed by atoms with E-state index < -0.39 is 0 Å². The molecule has 0 atom stereocenters. The standard InChI is InChI=1S/C19H23N3O/c1-23-19-10-6-5-9-18(19)15-20-22-13-11-21(12-14-22)16-17-7-3-2-4-8-17/h2-10,15H,11-14,16H2,1H3/b20-15-. The molecule has 0 unspecified atom stereocenters. The largest absolute Gasteiger partial charge is 0.496 e. The maximum atomic E-state index is 5.35. The molecule has 120 valence electrons. The van der Waals surface area contributed by atoms with Gasteiger partial charge in [-0.1, -0.05) is 42.5 Å². The zero-order valence-electron chi connectivity index (χ0n) is 13.6. The van der Waals surface area contributed by atoms with Gasteiger partial charge in [-0.25, -0.2) is 0 Å². The first-order valence-corrected chi connectivity index (χ1v) is 8.03. The summed E-state index contributed by atoms with van der Waals surface area (Å²) in [6, 6.07) is 18.6. The first-order chi connectivity index (χ1) is 11.3. The number of hydrogen-bond acceptors (Lipinski definition) is 4. The summed E-state index contributed by atoms with van der Waals surface area (Å²) in [5.74, 6) is 0.860. The van der Waals surface area contributed by atoms with Gasteiger partial charge in [0.25, 0.3) is 0 Å². The van der Waals surface area contributed by atoms with Crippen LogP contribution in [0.3, 0.4) is 0 Å². The third kappa shape index (κ3) is 4.33. The smallest absolute Gasteiger partial charge is 0.127 e. The van der Waals surface area contributed by atoms with Gasteiger partial charge in [0, 0.05) is 38.3 Å². The lowest BCUT2D eigenvalue weighted by molar-refractivity contribution is 0.131. The van der Waals surface area contributed by atoms with Crippen LogP contribution in [0.4, 0.5) is 0 Å². The summed E-state index contributed by atoms with van der Waals surface area (Å²) in [4.78, 5) is 2.48. The molecule has 1 heterocycles. The Hall–Kier alpha value is -2.33. The van der Waals surface area contributed by atoms with Gasteiger partial charge in [-0.3, -0.25) is 9.91 Å². The molecule has 0 aliphatic carbocycles. The Morgan fingerprint density at radius 2 is 1.65 bits per heavy atom. The number of methoxy groups -OCH3 is 1. The molecule has 4 heteroatoms. The third-order valence-electron chi connectivity index (χ3n) is 4.10. The summed E-state index contributed by atoms with van der Waals surface area (Å²) in [6.45, 7) is 5.01. The lowest BCUT2D eigenvalue weighted by atomic mass is 10.2. The molecule has 4 nitrogen and oxygen atoms in total. The fourth-order valence-corrected chi connectivity index (χ4v) is 2.77. The third-order valence-corrected chi connectivity index (χ3v) is 4.10. The van der Waals surface area contributed by atoms with Crippen LogP contribution >= 0.6 is 0 Å². The number of rotatable bonds is 5. The molecule has 0 radical (unpaired) electrons. The number of hydrazone groups is 1. The van der Waals surface area contributed by atoms with Gasteiger partial charge in [-0.2, -0.15) is 5.10 Å². The highest BCUT2D eigenvalue weighted by Crippen LogP contribution is 2.15. The van der Waals surface area contributed by atoms with E-state index in [1.54, 1.807) is 7.11 Å². The number of ether oxygens (including phenoxy) is 1. The van der Waals surface area contributed by atoms with E-state index in [4.69, 9.17) is 4.74 Å². The van der Waals surface area contributed by atoms with Crippen LogP contribution in [0.1, 0.15) is 11.1 Å². The molecule has 23 heavy (non-hydrogen) atoms. The molecule has 2 aromatic carbocycles. The predicted octanol–water partition coefficient (Wildman–Crippen LogP) is 2.85. The van der Waals surface area contributed by atoms with Gasteiger partial charge < -0.3 is 4.74 Å². The normalized spacial score (nSPS) is 16.0. The lowest BCUT2D eigenvalue weighted by Gasteiger charge is -2.33. The molecule has 3 rings (SSSR count). The predicted molar refractivity (Wildman–Crippen MR) is 93.9 cm³/mol. The minimum Gasteiger partial charge on any atom is -0.496 e. The zero-order valence-corrected chi connectivity index (χ0v) is 13.6. The summed E-state index contributed by atoms with van der Waals surface area (Å²) in [5, 5.41) is 6.74. The van der Waals surface area contributed by atoms with Crippen molar-refractivity contribution in [3.63, 3.8) is 0 Å². The fourth-order valence-electron chi connectivity index (χ4n) is 2.77. The second-order valence-corrected chi connectivity index (χ2v) is 5.70. The van der Waals surface area contributed by atoms with Crippen LogP contribution in [-0.4, -0.2) is 49.4 Å². The Kier molecular flexibility index (Phi) is 5.27. The number of hydrogen-bond donors (Lipinski definition) is 0. The van der Waals surface area contributed by atoms with Crippen molar-refractivity contribution >= 4 is 6.21 Å². The number of piperazine rings is 1.